The van der Waals surface area contributed by atoms with Gasteiger partial charge in [0.25, 0.3) is 0 Å². The number of hydrogen-bond acceptors (Lipinski definition) is 4. The van der Waals surface area contributed by atoms with Gasteiger partial charge in [-0.25, -0.2) is 0 Å². The molecule has 1 aromatic rings. The van der Waals surface area contributed by atoms with Crippen LogP contribution in [0, 0.1) is 12.8 Å². The van der Waals surface area contributed by atoms with Crippen molar-refractivity contribution in [2.75, 3.05) is 11.9 Å². The fourth-order valence-corrected chi connectivity index (χ4v) is 2.63. The van der Waals surface area contributed by atoms with E-state index in [1.807, 2.05) is 6.92 Å². The summed E-state index contributed by atoms with van der Waals surface area (Å²) in [5, 5.41) is 6.59. The summed E-state index contributed by atoms with van der Waals surface area (Å²) in [5.41, 5.74) is 0. The van der Waals surface area contributed by atoms with E-state index >= 15 is 0 Å². The molecule has 1 aromatic heterocycles. The average Bonchev–Trinajstić information content (AvgIpc) is 3.25. The van der Waals surface area contributed by atoms with Crippen LogP contribution in [0.2, 0.25) is 0 Å². The maximum Gasteiger partial charge on any atom is 0.239 e. The minimum absolute atomic E-state index is 0.00713. The van der Waals surface area contributed by atoms with Crippen LogP contribution in [0.5, 0.6) is 0 Å². The minimum Gasteiger partial charge on any atom is -0.360 e. The van der Waals surface area contributed by atoms with E-state index in [1.165, 1.54) is 25.7 Å². The molecular weight excluding hydrogens is 242 g/mol. The molecule has 0 saturated heterocycles. The molecule has 5 nitrogen and oxygen atoms in total. The molecule has 0 aromatic carbocycles. The van der Waals surface area contributed by atoms with Crippen molar-refractivity contribution < 1.29 is 9.32 Å². The van der Waals surface area contributed by atoms with E-state index in [9.17, 15) is 4.79 Å². The molecule has 1 N–H and O–H groups in total. The van der Waals surface area contributed by atoms with Crippen LogP contribution < -0.4 is 5.32 Å². The number of nitrogens with one attached hydrogen (secondary N) is 1. The quantitative estimate of drug-likeness (QED) is 0.854. The monoisotopic (exact) mass is 263 g/mol. The number of hydrogen-bond donors (Lipinski definition) is 1. The second-order valence-corrected chi connectivity index (χ2v) is 5.85. The molecule has 1 unspecified atom stereocenters. The second-order valence-electron chi connectivity index (χ2n) is 5.85. The Kier molecular flexibility index (Phi) is 3.31. The van der Waals surface area contributed by atoms with Crippen molar-refractivity contribution in [2.45, 2.75) is 51.6 Å². The number of amides is 1. The molecule has 2 aliphatic carbocycles. The number of carbonyl (C=O) groups is 1. The number of anilines is 1. The predicted octanol–water partition coefficient (Wildman–Crippen LogP) is 2.18. The van der Waals surface area contributed by atoms with Gasteiger partial charge in [0.1, 0.15) is 5.76 Å². The fourth-order valence-electron chi connectivity index (χ4n) is 2.63. The molecule has 1 heterocycles. The summed E-state index contributed by atoms with van der Waals surface area (Å²) in [5.74, 6) is 2.02. The molecule has 0 spiro atoms. The lowest BCUT2D eigenvalue weighted by Crippen LogP contribution is -2.42. The summed E-state index contributed by atoms with van der Waals surface area (Å²) in [6.07, 6.45) is 5.09. The maximum absolute atomic E-state index is 12.1. The van der Waals surface area contributed by atoms with Gasteiger partial charge in [0, 0.05) is 18.2 Å². The molecular formula is C14H21N3O2. The predicted molar refractivity (Wildman–Crippen MR) is 71.8 cm³/mol. The van der Waals surface area contributed by atoms with Crippen molar-refractivity contribution >= 4 is 11.7 Å². The number of carbonyl (C=O) groups excluding carboxylic acids is 1. The highest BCUT2D eigenvalue weighted by atomic mass is 16.5. The molecule has 5 heteroatoms. The Morgan fingerprint density at radius 2 is 2.26 bits per heavy atom. The molecule has 19 heavy (non-hydrogen) atoms. The van der Waals surface area contributed by atoms with Gasteiger partial charge in [0.15, 0.2) is 5.82 Å². The van der Waals surface area contributed by atoms with Crippen LogP contribution in [0.3, 0.4) is 0 Å². The Hall–Kier alpha value is -1.36. The van der Waals surface area contributed by atoms with Gasteiger partial charge < -0.3 is 9.84 Å². The van der Waals surface area contributed by atoms with Gasteiger partial charge in [-0.15, -0.1) is 0 Å². The molecule has 1 atom stereocenters. The highest BCUT2D eigenvalue weighted by molar-refractivity contribution is 5.91. The molecule has 2 saturated carbocycles. The molecule has 0 aliphatic heterocycles. The summed E-state index contributed by atoms with van der Waals surface area (Å²) in [6, 6.07) is 2.88. The lowest BCUT2D eigenvalue weighted by atomic mass is 10.1. The Labute approximate surface area is 113 Å². The lowest BCUT2D eigenvalue weighted by molar-refractivity contribution is -0.118. The first-order valence-corrected chi connectivity index (χ1v) is 7.12. The standard InChI is InChI=1S/C14H21N3O2/c1-9-7-13(16-19-9)15-14(18)8-17(12-5-6-12)10(2)11-3-4-11/h7,10-12H,3-6,8H2,1-2H3,(H,15,16,18). The first-order valence-electron chi connectivity index (χ1n) is 7.12. The summed E-state index contributed by atoms with van der Waals surface area (Å²) in [6.45, 7) is 4.53. The van der Waals surface area contributed by atoms with E-state index in [1.54, 1.807) is 6.07 Å². The molecule has 0 bridgehead atoms. The van der Waals surface area contributed by atoms with Crippen molar-refractivity contribution in [2.24, 2.45) is 5.92 Å². The van der Waals surface area contributed by atoms with Crippen LogP contribution in [0.15, 0.2) is 10.6 Å². The average molecular weight is 263 g/mol. The molecule has 104 valence electrons. The molecule has 2 aliphatic rings. The van der Waals surface area contributed by atoms with Crippen molar-refractivity contribution in [3.05, 3.63) is 11.8 Å². The van der Waals surface area contributed by atoms with Gasteiger partial charge in [0.05, 0.1) is 6.54 Å². The van der Waals surface area contributed by atoms with Crippen LogP contribution in [-0.2, 0) is 4.79 Å². The largest absolute Gasteiger partial charge is 0.360 e. The Bertz CT molecular complexity index is 463. The maximum atomic E-state index is 12.1. The van der Waals surface area contributed by atoms with Crippen LogP contribution >= 0.6 is 0 Å². The molecule has 1 amide bonds. The topological polar surface area (TPSA) is 58.4 Å². The zero-order chi connectivity index (χ0) is 13.4. The third-order valence-corrected chi connectivity index (χ3v) is 4.06. The lowest BCUT2D eigenvalue weighted by Gasteiger charge is -2.28. The van der Waals surface area contributed by atoms with Crippen molar-refractivity contribution in [1.82, 2.24) is 10.1 Å². The zero-order valence-corrected chi connectivity index (χ0v) is 11.6. The summed E-state index contributed by atoms with van der Waals surface area (Å²) in [4.78, 5) is 14.4. The normalized spacial score (nSPS) is 20.6. The number of aromatic nitrogens is 1. The van der Waals surface area contributed by atoms with Crippen molar-refractivity contribution in [3.63, 3.8) is 0 Å². The van der Waals surface area contributed by atoms with Crippen LogP contribution in [0.25, 0.3) is 0 Å². The Morgan fingerprint density at radius 3 is 2.79 bits per heavy atom. The molecule has 2 fully saturated rings. The van der Waals surface area contributed by atoms with Gasteiger partial charge in [-0.2, -0.15) is 0 Å². The number of aryl methyl sites for hydroxylation is 1. The van der Waals surface area contributed by atoms with E-state index in [-0.39, 0.29) is 5.91 Å². The number of nitrogens with zero attached hydrogens (tertiary/aromatic N) is 2. The highest BCUT2D eigenvalue weighted by Gasteiger charge is 2.39. The fraction of sp³-hybridized carbons (Fsp3) is 0.714. The third-order valence-electron chi connectivity index (χ3n) is 4.06. The van der Waals surface area contributed by atoms with E-state index < -0.39 is 0 Å². The van der Waals surface area contributed by atoms with E-state index in [4.69, 9.17) is 4.52 Å². The van der Waals surface area contributed by atoms with Gasteiger partial charge in [-0.05, 0) is 45.4 Å². The first kappa shape index (κ1) is 12.7. The highest BCUT2D eigenvalue weighted by Crippen LogP contribution is 2.39. The Balaban J connectivity index is 1.56. The van der Waals surface area contributed by atoms with Crippen LogP contribution in [0.1, 0.15) is 38.4 Å². The van der Waals surface area contributed by atoms with Gasteiger partial charge in [0.2, 0.25) is 5.91 Å². The minimum atomic E-state index is 0.00713. The van der Waals surface area contributed by atoms with E-state index in [0.717, 1.165) is 5.92 Å². The van der Waals surface area contributed by atoms with E-state index in [2.05, 4.69) is 22.3 Å². The zero-order valence-electron chi connectivity index (χ0n) is 11.6. The van der Waals surface area contributed by atoms with Crippen molar-refractivity contribution in [3.8, 4) is 0 Å². The molecule has 0 radical (unpaired) electrons. The summed E-state index contributed by atoms with van der Waals surface area (Å²) >= 11 is 0. The van der Waals surface area contributed by atoms with Gasteiger partial charge >= 0.3 is 0 Å². The first-order chi connectivity index (χ1) is 9.13. The van der Waals surface area contributed by atoms with Gasteiger partial charge in [-0.3, -0.25) is 9.69 Å². The smallest absolute Gasteiger partial charge is 0.239 e. The summed E-state index contributed by atoms with van der Waals surface area (Å²) in [7, 11) is 0. The van der Waals surface area contributed by atoms with Crippen LogP contribution in [0.4, 0.5) is 5.82 Å². The molecule has 3 rings (SSSR count). The Morgan fingerprint density at radius 1 is 1.53 bits per heavy atom. The third kappa shape index (κ3) is 3.15. The second kappa shape index (κ2) is 4.96. The SMILES string of the molecule is Cc1cc(NC(=O)CN(C2CC2)C(C)C2CC2)no1. The number of rotatable bonds is 6. The van der Waals surface area contributed by atoms with Crippen LogP contribution in [-0.4, -0.2) is 34.6 Å². The van der Waals surface area contributed by atoms with Gasteiger partial charge in [-0.1, -0.05) is 5.16 Å². The summed E-state index contributed by atoms with van der Waals surface area (Å²) < 4.78 is 4.95. The van der Waals surface area contributed by atoms with E-state index in [0.29, 0.717) is 30.2 Å². The van der Waals surface area contributed by atoms with Crippen molar-refractivity contribution in [1.29, 1.82) is 0 Å².